The molecule has 1 rings (SSSR count). The predicted molar refractivity (Wildman–Crippen MR) is 86.0 cm³/mol. The van der Waals surface area contributed by atoms with Crippen molar-refractivity contribution in [2.24, 2.45) is 16.3 Å². The normalized spacial score (nSPS) is 19.8. The lowest BCUT2D eigenvalue weighted by Crippen LogP contribution is -2.42. The van der Waals surface area contributed by atoms with Crippen LogP contribution >= 0.6 is 0 Å². The lowest BCUT2D eigenvalue weighted by molar-refractivity contribution is -0.123. The molecule has 3 heteroatoms. The van der Waals surface area contributed by atoms with Crippen LogP contribution in [-0.4, -0.2) is 17.8 Å². The summed E-state index contributed by atoms with van der Waals surface area (Å²) in [7, 11) is 0. The number of nitrogens with zero attached hydrogens (tertiary/aromatic N) is 1. The Balaban J connectivity index is 2.74. The number of nitrogens with one attached hydrogen (secondary N) is 1. The molecule has 0 bridgehead atoms. The van der Waals surface area contributed by atoms with Crippen LogP contribution < -0.4 is 5.32 Å². The van der Waals surface area contributed by atoms with Gasteiger partial charge in [-0.25, -0.2) is 0 Å². The van der Waals surface area contributed by atoms with E-state index >= 15 is 0 Å². The zero-order valence-electron chi connectivity index (χ0n) is 14.0. The third kappa shape index (κ3) is 5.64. The number of hydrogen-bond donors (Lipinski definition) is 1. The maximum absolute atomic E-state index is 12.2. The van der Waals surface area contributed by atoms with Crippen molar-refractivity contribution >= 4 is 11.7 Å². The number of hydrogen-bond acceptors (Lipinski definition) is 2. The van der Waals surface area contributed by atoms with Gasteiger partial charge in [0.2, 0.25) is 5.91 Å². The highest BCUT2D eigenvalue weighted by molar-refractivity contribution is 6.01. The topological polar surface area (TPSA) is 41.5 Å². The van der Waals surface area contributed by atoms with E-state index in [-0.39, 0.29) is 17.2 Å². The van der Waals surface area contributed by atoms with Crippen LogP contribution in [0.5, 0.6) is 0 Å². The number of aliphatic imine (C=N–C) groups is 1. The van der Waals surface area contributed by atoms with Gasteiger partial charge >= 0.3 is 0 Å². The van der Waals surface area contributed by atoms with Crippen molar-refractivity contribution in [2.45, 2.75) is 85.6 Å². The molecule has 0 radical (unpaired) electrons. The Bertz CT molecular complexity index is 335. The van der Waals surface area contributed by atoms with Gasteiger partial charge in [0.1, 0.15) is 5.84 Å². The molecule has 0 aromatic carbocycles. The summed E-state index contributed by atoms with van der Waals surface area (Å²) in [5.41, 5.74) is -0.0982. The van der Waals surface area contributed by atoms with E-state index in [1.54, 1.807) is 0 Å². The average Bonchev–Trinajstić information content (AvgIpc) is 2.38. The second kappa shape index (κ2) is 7.80. The van der Waals surface area contributed by atoms with Crippen molar-refractivity contribution in [1.29, 1.82) is 0 Å². The molecule has 1 unspecified atom stereocenters. The highest BCUT2D eigenvalue weighted by Crippen LogP contribution is 2.23. The summed E-state index contributed by atoms with van der Waals surface area (Å²) in [5, 5.41) is 3.10. The molecule has 0 aromatic heterocycles. The van der Waals surface area contributed by atoms with E-state index in [2.05, 4.69) is 33.0 Å². The van der Waals surface area contributed by atoms with Gasteiger partial charge in [-0.3, -0.25) is 9.79 Å². The van der Waals surface area contributed by atoms with E-state index in [9.17, 15) is 4.79 Å². The SMILES string of the molecule is CCCC(C)C(=O)NC(=NC1CCCCC1)C(C)(C)C. The molecule has 116 valence electrons. The van der Waals surface area contributed by atoms with E-state index in [1.165, 1.54) is 32.1 Å². The molecule has 0 saturated heterocycles. The molecule has 0 aliphatic heterocycles. The first-order chi connectivity index (χ1) is 9.34. The first-order valence-corrected chi connectivity index (χ1v) is 8.23. The van der Waals surface area contributed by atoms with Crippen molar-refractivity contribution < 1.29 is 4.79 Å². The molecule has 3 nitrogen and oxygen atoms in total. The fourth-order valence-corrected chi connectivity index (χ4v) is 2.61. The minimum atomic E-state index is -0.0982. The Labute approximate surface area is 124 Å². The van der Waals surface area contributed by atoms with E-state index in [4.69, 9.17) is 4.99 Å². The Hall–Kier alpha value is -0.860. The van der Waals surface area contributed by atoms with Gasteiger partial charge in [-0.1, -0.05) is 60.3 Å². The van der Waals surface area contributed by atoms with Gasteiger partial charge in [-0.05, 0) is 19.3 Å². The maximum Gasteiger partial charge on any atom is 0.228 e. The van der Waals surface area contributed by atoms with Gasteiger partial charge in [0.25, 0.3) is 0 Å². The summed E-state index contributed by atoms with van der Waals surface area (Å²) in [6.07, 6.45) is 8.18. The molecule has 1 atom stereocenters. The molecule has 20 heavy (non-hydrogen) atoms. The van der Waals surface area contributed by atoms with Gasteiger partial charge in [0.05, 0.1) is 6.04 Å². The molecule has 0 heterocycles. The standard InChI is InChI=1S/C17H32N2O/c1-6-10-13(2)15(20)19-16(17(3,4)5)18-14-11-8-7-9-12-14/h13-14H,6-12H2,1-5H3,(H,18,19,20). The molecule has 1 saturated carbocycles. The number of carbonyl (C=O) groups excluding carboxylic acids is 1. The molecule has 1 fully saturated rings. The number of carbonyl (C=O) groups is 1. The van der Waals surface area contributed by atoms with Crippen molar-refractivity contribution in [3.8, 4) is 0 Å². The highest BCUT2D eigenvalue weighted by atomic mass is 16.1. The first kappa shape index (κ1) is 17.2. The third-order valence-corrected chi connectivity index (χ3v) is 4.01. The van der Waals surface area contributed by atoms with Gasteiger partial charge in [-0.2, -0.15) is 0 Å². The van der Waals surface area contributed by atoms with Gasteiger partial charge in [0, 0.05) is 11.3 Å². The van der Waals surface area contributed by atoms with Crippen LogP contribution in [0.4, 0.5) is 0 Å². The first-order valence-electron chi connectivity index (χ1n) is 8.23. The molecule has 0 spiro atoms. The van der Waals surface area contributed by atoms with Crippen LogP contribution in [0.2, 0.25) is 0 Å². The maximum atomic E-state index is 12.2. The minimum Gasteiger partial charge on any atom is -0.314 e. The van der Waals surface area contributed by atoms with E-state index in [0.717, 1.165) is 18.7 Å². The summed E-state index contributed by atoms with van der Waals surface area (Å²) in [5.74, 6) is 1.06. The molecule has 0 aromatic rings. The fraction of sp³-hybridized carbons (Fsp3) is 0.882. The number of amidine groups is 1. The third-order valence-electron chi connectivity index (χ3n) is 4.01. The Morgan fingerprint density at radius 2 is 1.85 bits per heavy atom. The Kier molecular flexibility index (Phi) is 6.70. The summed E-state index contributed by atoms with van der Waals surface area (Å²) < 4.78 is 0. The van der Waals surface area contributed by atoms with Crippen LogP contribution in [0.3, 0.4) is 0 Å². The largest absolute Gasteiger partial charge is 0.314 e. The van der Waals surface area contributed by atoms with E-state index < -0.39 is 0 Å². The van der Waals surface area contributed by atoms with E-state index in [1.807, 2.05) is 6.92 Å². The number of amides is 1. The zero-order chi connectivity index (χ0) is 15.2. The Morgan fingerprint density at radius 1 is 1.25 bits per heavy atom. The smallest absolute Gasteiger partial charge is 0.228 e. The van der Waals surface area contributed by atoms with Gasteiger partial charge in [-0.15, -0.1) is 0 Å². The Morgan fingerprint density at radius 3 is 2.35 bits per heavy atom. The van der Waals surface area contributed by atoms with Crippen molar-refractivity contribution in [1.82, 2.24) is 5.32 Å². The molecule has 1 N–H and O–H groups in total. The van der Waals surface area contributed by atoms with E-state index in [0.29, 0.717) is 6.04 Å². The molecule has 1 amide bonds. The van der Waals surface area contributed by atoms with Crippen LogP contribution in [0.15, 0.2) is 4.99 Å². The summed E-state index contributed by atoms with van der Waals surface area (Å²) in [6, 6.07) is 0.403. The number of rotatable bonds is 4. The fourth-order valence-electron chi connectivity index (χ4n) is 2.61. The second-order valence-corrected chi connectivity index (χ2v) is 7.20. The molecular formula is C17H32N2O. The molecule has 1 aliphatic carbocycles. The van der Waals surface area contributed by atoms with Crippen molar-refractivity contribution in [3.63, 3.8) is 0 Å². The lowest BCUT2D eigenvalue weighted by atomic mass is 9.92. The lowest BCUT2D eigenvalue weighted by Gasteiger charge is -2.27. The average molecular weight is 280 g/mol. The minimum absolute atomic E-state index is 0.0684. The summed E-state index contributed by atoms with van der Waals surface area (Å²) >= 11 is 0. The van der Waals surface area contributed by atoms with Crippen molar-refractivity contribution in [2.75, 3.05) is 0 Å². The quantitative estimate of drug-likeness (QED) is 0.605. The molecule has 1 aliphatic rings. The van der Waals surface area contributed by atoms with Crippen LogP contribution in [0, 0.1) is 11.3 Å². The van der Waals surface area contributed by atoms with Crippen molar-refractivity contribution in [3.05, 3.63) is 0 Å². The molecular weight excluding hydrogens is 248 g/mol. The zero-order valence-corrected chi connectivity index (χ0v) is 14.0. The van der Waals surface area contributed by atoms with Gasteiger partial charge in [0.15, 0.2) is 0 Å². The van der Waals surface area contributed by atoms with Gasteiger partial charge < -0.3 is 5.32 Å². The van der Waals surface area contributed by atoms with Crippen LogP contribution in [-0.2, 0) is 4.79 Å². The summed E-state index contributed by atoms with van der Waals surface area (Å²) in [4.78, 5) is 17.1. The second-order valence-electron chi connectivity index (χ2n) is 7.20. The van der Waals surface area contributed by atoms with Crippen LogP contribution in [0.25, 0.3) is 0 Å². The van der Waals surface area contributed by atoms with Crippen LogP contribution in [0.1, 0.15) is 79.6 Å². The predicted octanol–water partition coefficient (Wildman–Crippen LogP) is 4.32. The summed E-state index contributed by atoms with van der Waals surface area (Å²) in [6.45, 7) is 10.5. The highest BCUT2D eigenvalue weighted by Gasteiger charge is 2.25. The monoisotopic (exact) mass is 280 g/mol.